The molecule has 130 valence electrons. The van der Waals surface area contributed by atoms with E-state index in [2.05, 4.69) is 5.92 Å². The molecule has 0 bridgehead atoms. The summed E-state index contributed by atoms with van der Waals surface area (Å²) in [7, 11) is 1.53. The molecule has 24 heavy (non-hydrogen) atoms. The van der Waals surface area contributed by atoms with Crippen molar-refractivity contribution in [2.45, 2.75) is 25.9 Å². The van der Waals surface area contributed by atoms with Gasteiger partial charge in [0.15, 0.2) is 11.5 Å². The zero-order valence-electron chi connectivity index (χ0n) is 14.1. The molecule has 1 N–H and O–H groups in total. The summed E-state index contributed by atoms with van der Waals surface area (Å²) in [6, 6.07) is 5.40. The van der Waals surface area contributed by atoms with Gasteiger partial charge in [-0.25, -0.2) is 0 Å². The normalized spacial score (nSPS) is 24.3. The molecule has 0 radical (unpaired) electrons. The first-order chi connectivity index (χ1) is 11.3. The smallest absolute Gasteiger partial charge is 0.162 e. The molecule has 1 aliphatic rings. The van der Waals surface area contributed by atoms with Gasteiger partial charge in [0.05, 0.1) is 13.2 Å². The zero-order valence-corrected chi connectivity index (χ0v) is 14.1. The van der Waals surface area contributed by atoms with Crippen LogP contribution in [0.4, 0.5) is 4.79 Å². The Morgan fingerprint density at radius 3 is 2.83 bits per heavy atom. The lowest BCUT2D eigenvalue weighted by Gasteiger charge is -2.34. The number of carbonyl (C=O) groups is 1. The maximum Gasteiger partial charge on any atom is 0.162 e. The van der Waals surface area contributed by atoms with Gasteiger partial charge < -0.3 is 29.4 Å². The lowest BCUT2D eigenvalue weighted by Crippen LogP contribution is -2.42. The van der Waals surface area contributed by atoms with E-state index in [9.17, 15) is 15.0 Å². The Morgan fingerprint density at radius 1 is 1.58 bits per heavy atom. The number of likely N-dealkylation sites (tertiary alicyclic amines) is 1. The molecule has 0 aromatic heterocycles. The number of amides is 1. The number of carbonyl (C=O) groups excluding carboxylic acids is 1. The first-order valence-electron chi connectivity index (χ1n) is 7.71. The summed E-state index contributed by atoms with van der Waals surface area (Å²) in [5.41, 5.74) is 0.230. The maximum absolute atomic E-state index is 11.3. The molecule has 6 heteroatoms. The molecule has 3 atom stereocenters. The zero-order chi connectivity index (χ0) is 17.9. The van der Waals surface area contributed by atoms with Crippen molar-refractivity contribution in [3.63, 3.8) is 0 Å². The lowest BCUT2D eigenvalue weighted by atomic mass is 9.72. The van der Waals surface area contributed by atoms with Crippen molar-refractivity contribution in [3.8, 4) is 23.8 Å². The second-order valence-corrected chi connectivity index (χ2v) is 6.28. The largest absolute Gasteiger partial charge is 0.530 e. The number of carboxylic acid groups (broad SMARTS) is 1. The number of terminal acetylenes is 1. The minimum atomic E-state index is -1.23. The van der Waals surface area contributed by atoms with Crippen LogP contribution in [0.2, 0.25) is 0 Å². The number of aliphatic hydroxyl groups is 1. The summed E-state index contributed by atoms with van der Waals surface area (Å²) >= 11 is 0. The molecule has 1 saturated heterocycles. The highest BCUT2D eigenvalue weighted by Crippen LogP contribution is 2.46. The van der Waals surface area contributed by atoms with Crippen LogP contribution in [0.1, 0.15) is 25.3 Å². The SMILES string of the molecule is C#CCOc1cc(C2CN(C(=O)[O-])CC2(C)C(C)O)ccc1OC. The molecule has 1 aromatic rings. The van der Waals surface area contributed by atoms with Crippen LogP contribution in [0.5, 0.6) is 11.5 Å². The van der Waals surface area contributed by atoms with Crippen LogP contribution in [0.25, 0.3) is 0 Å². The fraction of sp³-hybridized carbons (Fsp3) is 0.500. The van der Waals surface area contributed by atoms with Crippen molar-refractivity contribution in [3.05, 3.63) is 23.8 Å². The highest BCUT2D eigenvalue weighted by atomic mass is 16.5. The fourth-order valence-electron chi connectivity index (χ4n) is 3.21. The quantitative estimate of drug-likeness (QED) is 0.808. The Bertz CT molecular complexity index is 651. The number of ether oxygens (including phenoxy) is 2. The minimum absolute atomic E-state index is 0.101. The van der Waals surface area contributed by atoms with Gasteiger partial charge in [-0.15, -0.1) is 6.42 Å². The number of methoxy groups -OCH3 is 1. The lowest BCUT2D eigenvalue weighted by molar-refractivity contribution is -0.264. The highest BCUT2D eigenvalue weighted by molar-refractivity contribution is 5.63. The van der Waals surface area contributed by atoms with E-state index in [4.69, 9.17) is 15.9 Å². The molecule has 2 rings (SSSR count). The van der Waals surface area contributed by atoms with E-state index >= 15 is 0 Å². The molecule has 0 saturated carbocycles. The number of hydrogen-bond donors (Lipinski definition) is 1. The van der Waals surface area contributed by atoms with Crippen LogP contribution in [0, 0.1) is 17.8 Å². The summed E-state index contributed by atoms with van der Waals surface area (Å²) in [6.07, 6.45) is 3.31. The van der Waals surface area contributed by atoms with E-state index in [1.165, 1.54) is 12.0 Å². The van der Waals surface area contributed by atoms with Crippen LogP contribution >= 0.6 is 0 Å². The Hall–Kier alpha value is -2.39. The molecular formula is C18H22NO5-. The molecule has 1 fully saturated rings. The van der Waals surface area contributed by atoms with Crippen molar-refractivity contribution < 1.29 is 24.5 Å². The van der Waals surface area contributed by atoms with E-state index in [1.807, 2.05) is 13.0 Å². The van der Waals surface area contributed by atoms with Gasteiger partial charge in [-0.1, -0.05) is 18.9 Å². The van der Waals surface area contributed by atoms with Gasteiger partial charge in [0.2, 0.25) is 0 Å². The molecule has 3 unspecified atom stereocenters. The van der Waals surface area contributed by atoms with Crippen LogP contribution in [-0.4, -0.2) is 49.0 Å². The van der Waals surface area contributed by atoms with E-state index in [1.54, 1.807) is 19.1 Å². The fourth-order valence-corrected chi connectivity index (χ4v) is 3.21. The molecule has 6 nitrogen and oxygen atoms in total. The number of hydrogen-bond acceptors (Lipinski definition) is 5. The first-order valence-corrected chi connectivity index (χ1v) is 7.71. The monoisotopic (exact) mass is 332 g/mol. The average Bonchev–Trinajstić information content (AvgIpc) is 2.92. The third-order valence-corrected chi connectivity index (χ3v) is 4.84. The summed E-state index contributed by atoms with van der Waals surface area (Å²) in [5.74, 6) is 3.24. The van der Waals surface area contributed by atoms with Gasteiger partial charge in [-0.2, -0.15) is 0 Å². The third kappa shape index (κ3) is 3.26. The minimum Gasteiger partial charge on any atom is -0.530 e. The standard InChI is InChI=1S/C18H23NO5/c1-5-8-24-16-9-13(6-7-15(16)23-4)14-10-19(17(21)22)11-18(14,3)12(2)20/h1,6-7,9,12,14,20H,8,10-11H2,2-4H3,(H,21,22)/p-1. The Morgan fingerprint density at radius 2 is 2.29 bits per heavy atom. The molecular weight excluding hydrogens is 310 g/mol. The van der Waals surface area contributed by atoms with Gasteiger partial charge in [-0.05, 0) is 24.6 Å². The van der Waals surface area contributed by atoms with Gasteiger partial charge >= 0.3 is 0 Å². The van der Waals surface area contributed by atoms with E-state index in [0.717, 1.165) is 5.56 Å². The third-order valence-electron chi connectivity index (χ3n) is 4.84. The van der Waals surface area contributed by atoms with Crippen LogP contribution in [-0.2, 0) is 0 Å². The van der Waals surface area contributed by atoms with Gasteiger partial charge in [0.1, 0.15) is 12.7 Å². The number of rotatable bonds is 5. The Labute approximate surface area is 142 Å². The van der Waals surface area contributed by atoms with Crippen molar-refractivity contribution in [2.24, 2.45) is 5.41 Å². The second kappa shape index (κ2) is 7.02. The molecule has 0 aliphatic carbocycles. The van der Waals surface area contributed by atoms with Gasteiger partial charge in [-0.3, -0.25) is 0 Å². The van der Waals surface area contributed by atoms with Crippen LogP contribution in [0.15, 0.2) is 18.2 Å². The van der Waals surface area contributed by atoms with Crippen molar-refractivity contribution in [1.29, 1.82) is 0 Å². The summed E-state index contributed by atoms with van der Waals surface area (Å²) < 4.78 is 10.8. The van der Waals surface area contributed by atoms with Crippen molar-refractivity contribution >= 4 is 6.09 Å². The van der Waals surface area contributed by atoms with E-state index in [-0.39, 0.29) is 25.6 Å². The number of nitrogens with zero attached hydrogens (tertiary/aromatic N) is 1. The predicted octanol–water partition coefficient (Wildman–Crippen LogP) is 0.837. The van der Waals surface area contributed by atoms with E-state index < -0.39 is 17.6 Å². The summed E-state index contributed by atoms with van der Waals surface area (Å²) in [6.45, 7) is 4.11. The van der Waals surface area contributed by atoms with Gasteiger partial charge in [0.25, 0.3) is 0 Å². The molecule has 1 aromatic carbocycles. The second-order valence-electron chi connectivity index (χ2n) is 6.28. The average molecular weight is 332 g/mol. The molecule has 1 aliphatic heterocycles. The molecule has 1 heterocycles. The number of benzene rings is 1. The number of aliphatic hydroxyl groups excluding tert-OH is 1. The van der Waals surface area contributed by atoms with Crippen LogP contribution < -0.4 is 14.6 Å². The predicted molar refractivity (Wildman–Crippen MR) is 86.8 cm³/mol. The Balaban J connectivity index is 2.41. The maximum atomic E-state index is 11.3. The van der Waals surface area contributed by atoms with Crippen molar-refractivity contribution in [2.75, 3.05) is 26.8 Å². The first kappa shape index (κ1) is 18.0. The van der Waals surface area contributed by atoms with Crippen molar-refractivity contribution in [1.82, 2.24) is 4.90 Å². The van der Waals surface area contributed by atoms with Gasteiger partial charge in [0, 0.05) is 24.4 Å². The van der Waals surface area contributed by atoms with Crippen LogP contribution in [0.3, 0.4) is 0 Å². The topological polar surface area (TPSA) is 82.1 Å². The molecule has 1 amide bonds. The molecule has 0 spiro atoms. The highest BCUT2D eigenvalue weighted by Gasteiger charge is 2.47. The Kier molecular flexibility index (Phi) is 5.25. The summed E-state index contributed by atoms with van der Waals surface area (Å²) in [5, 5.41) is 21.5. The summed E-state index contributed by atoms with van der Waals surface area (Å²) in [4.78, 5) is 12.5. The van der Waals surface area contributed by atoms with E-state index in [0.29, 0.717) is 11.5 Å².